The van der Waals surface area contributed by atoms with E-state index in [1.165, 1.54) is 10.7 Å². The van der Waals surface area contributed by atoms with Gasteiger partial charge in [0.2, 0.25) is 5.88 Å². The van der Waals surface area contributed by atoms with Gasteiger partial charge in [-0.3, -0.25) is 0 Å². The highest BCUT2D eigenvalue weighted by Gasteiger charge is 2.30. The summed E-state index contributed by atoms with van der Waals surface area (Å²) in [6.45, 7) is 1.03. The number of ether oxygens (including phenoxy) is 1. The van der Waals surface area contributed by atoms with Gasteiger partial charge in [-0.05, 0) is 32.4 Å². The highest BCUT2D eigenvalue weighted by molar-refractivity contribution is 5.39. The zero-order valence-corrected chi connectivity index (χ0v) is 10.1. The van der Waals surface area contributed by atoms with Gasteiger partial charge >= 0.3 is 5.69 Å². The van der Waals surface area contributed by atoms with Crippen LogP contribution in [0.2, 0.25) is 0 Å². The lowest BCUT2D eigenvalue weighted by molar-refractivity contribution is 0.0616. The van der Waals surface area contributed by atoms with Gasteiger partial charge in [0.05, 0.1) is 0 Å². The molecule has 3 rings (SSSR count). The summed E-state index contributed by atoms with van der Waals surface area (Å²) < 4.78 is 7.08. The maximum Gasteiger partial charge on any atom is 0.348 e. The molecular formula is C11H15N5O2. The van der Waals surface area contributed by atoms with E-state index in [1.807, 2.05) is 7.05 Å². The zero-order chi connectivity index (χ0) is 12.5. The van der Waals surface area contributed by atoms with Gasteiger partial charge < -0.3 is 10.1 Å². The van der Waals surface area contributed by atoms with Crippen molar-refractivity contribution in [2.75, 3.05) is 13.6 Å². The van der Waals surface area contributed by atoms with E-state index in [9.17, 15) is 4.79 Å². The molecule has 0 saturated heterocycles. The van der Waals surface area contributed by atoms with Crippen molar-refractivity contribution < 1.29 is 4.74 Å². The van der Waals surface area contributed by atoms with E-state index >= 15 is 0 Å². The number of hydrogen-bond acceptors (Lipinski definition) is 5. The fourth-order valence-electron chi connectivity index (χ4n) is 2.25. The lowest BCUT2D eigenvalue weighted by atomic mass is 9.82. The Bertz CT molecular complexity index is 599. The molecule has 7 heteroatoms. The molecule has 7 nitrogen and oxygen atoms in total. The molecule has 2 N–H and O–H groups in total. The molecule has 0 radical (unpaired) electrons. The molecule has 0 atom stereocenters. The van der Waals surface area contributed by atoms with Gasteiger partial charge in [0.1, 0.15) is 12.4 Å². The number of H-pyrrole nitrogens is 1. The van der Waals surface area contributed by atoms with Gasteiger partial charge in [-0.15, -0.1) is 0 Å². The maximum absolute atomic E-state index is 11.3. The van der Waals surface area contributed by atoms with E-state index in [-0.39, 0.29) is 11.8 Å². The molecule has 1 aliphatic rings. The molecule has 0 unspecified atom stereocenters. The van der Waals surface area contributed by atoms with Gasteiger partial charge in [0.15, 0.2) is 5.65 Å². The van der Waals surface area contributed by atoms with Gasteiger partial charge in [-0.25, -0.2) is 19.3 Å². The summed E-state index contributed by atoms with van der Waals surface area (Å²) in [6.07, 6.45) is 3.74. The smallest absolute Gasteiger partial charge is 0.348 e. The summed E-state index contributed by atoms with van der Waals surface area (Å²) in [4.78, 5) is 15.3. The van der Waals surface area contributed by atoms with Crippen molar-refractivity contribution in [2.24, 2.45) is 5.92 Å². The van der Waals surface area contributed by atoms with Crippen LogP contribution in [0.1, 0.15) is 12.8 Å². The summed E-state index contributed by atoms with van der Waals surface area (Å²) in [5.74, 6) is 1.21. The zero-order valence-electron chi connectivity index (χ0n) is 10.1. The molecule has 18 heavy (non-hydrogen) atoms. The van der Waals surface area contributed by atoms with E-state index in [4.69, 9.17) is 4.74 Å². The van der Waals surface area contributed by atoms with Crippen LogP contribution in [0.3, 0.4) is 0 Å². The van der Waals surface area contributed by atoms with Crippen molar-refractivity contribution in [1.82, 2.24) is 24.9 Å². The molecule has 2 aromatic heterocycles. The Morgan fingerprint density at radius 1 is 1.61 bits per heavy atom. The first-order valence-electron chi connectivity index (χ1n) is 6.00. The van der Waals surface area contributed by atoms with Crippen molar-refractivity contribution in [3.8, 4) is 5.88 Å². The number of fused-ring (bicyclic) bond motifs is 1. The van der Waals surface area contributed by atoms with Crippen LogP contribution in [0.15, 0.2) is 17.2 Å². The molecule has 2 aromatic rings. The number of hydrogen-bond donors (Lipinski definition) is 2. The Balaban J connectivity index is 1.67. The standard InChI is InChI=1S/C11H15N5O2/c1-12-5-7-2-8(3-7)18-10-4-9-14-15-11(17)16(9)6-13-10/h4,6-8,12H,2-3,5H2,1H3,(H,15,17). The molecule has 0 amide bonds. The van der Waals surface area contributed by atoms with Crippen molar-refractivity contribution in [1.29, 1.82) is 0 Å². The number of nitrogens with zero attached hydrogens (tertiary/aromatic N) is 3. The van der Waals surface area contributed by atoms with Gasteiger partial charge in [-0.2, -0.15) is 5.10 Å². The third-order valence-corrected chi connectivity index (χ3v) is 3.26. The minimum absolute atomic E-state index is 0.226. The minimum Gasteiger partial charge on any atom is -0.474 e. The Morgan fingerprint density at radius 2 is 2.44 bits per heavy atom. The van der Waals surface area contributed by atoms with Crippen molar-refractivity contribution in [3.63, 3.8) is 0 Å². The molecule has 2 heterocycles. The fraction of sp³-hybridized carbons (Fsp3) is 0.545. The second kappa shape index (κ2) is 4.41. The summed E-state index contributed by atoms with van der Waals surface area (Å²) >= 11 is 0. The van der Waals surface area contributed by atoms with Gasteiger partial charge in [0, 0.05) is 6.07 Å². The molecule has 1 fully saturated rings. The molecular weight excluding hydrogens is 234 g/mol. The number of nitrogens with one attached hydrogen (secondary N) is 2. The van der Waals surface area contributed by atoms with E-state index in [0.717, 1.165) is 19.4 Å². The quantitative estimate of drug-likeness (QED) is 0.783. The van der Waals surface area contributed by atoms with E-state index < -0.39 is 0 Å². The van der Waals surface area contributed by atoms with Crippen LogP contribution >= 0.6 is 0 Å². The van der Waals surface area contributed by atoms with Crippen molar-refractivity contribution in [3.05, 3.63) is 22.9 Å². The Hall–Kier alpha value is -1.89. The maximum atomic E-state index is 11.3. The van der Waals surface area contributed by atoms with E-state index in [0.29, 0.717) is 17.4 Å². The van der Waals surface area contributed by atoms with Crippen LogP contribution in [-0.4, -0.2) is 39.3 Å². The lowest BCUT2D eigenvalue weighted by Crippen LogP contribution is -2.38. The first-order valence-corrected chi connectivity index (χ1v) is 6.00. The summed E-state index contributed by atoms with van der Waals surface area (Å²) in [5.41, 5.74) is 0.234. The lowest BCUT2D eigenvalue weighted by Gasteiger charge is -2.34. The third kappa shape index (κ3) is 1.97. The average molecular weight is 249 g/mol. The number of aromatic nitrogens is 4. The molecule has 0 aliphatic heterocycles. The normalized spacial score (nSPS) is 22.9. The minimum atomic E-state index is -0.290. The number of aromatic amines is 1. The van der Waals surface area contributed by atoms with Crippen molar-refractivity contribution in [2.45, 2.75) is 18.9 Å². The molecule has 0 aromatic carbocycles. The Kier molecular flexibility index (Phi) is 2.75. The number of rotatable bonds is 4. The second-order valence-electron chi connectivity index (χ2n) is 4.62. The van der Waals surface area contributed by atoms with Crippen molar-refractivity contribution >= 4 is 5.65 Å². The Morgan fingerprint density at radius 3 is 3.22 bits per heavy atom. The largest absolute Gasteiger partial charge is 0.474 e. The van der Waals surface area contributed by atoms with E-state index in [2.05, 4.69) is 20.5 Å². The average Bonchev–Trinajstić information content (AvgIpc) is 2.68. The van der Waals surface area contributed by atoms with E-state index in [1.54, 1.807) is 6.07 Å². The van der Waals surface area contributed by atoms with Gasteiger partial charge in [-0.1, -0.05) is 0 Å². The highest BCUT2D eigenvalue weighted by Crippen LogP contribution is 2.30. The molecule has 0 spiro atoms. The first-order chi connectivity index (χ1) is 8.76. The summed E-state index contributed by atoms with van der Waals surface area (Å²) in [6, 6.07) is 1.67. The topological polar surface area (TPSA) is 84.3 Å². The van der Waals surface area contributed by atoms with Gasteiger partial charge in [0.25, 0.3) is 0 Å². The second-order valence-corrected chi connectivity index (χ2v) is 4.62. The SMILES string of the molecule is CNCC1CC(Oc2cc3n[nH]c(=O)n3cn2)C1. The Labute approximate surface area is 103 Å². The van der Waals surface area contributed by atoms with Crippen LogP contribution in [0.4, 0.5) is 0 Å². The van der Waals surface area contributed by atoms with Crippen LogP contribution in [-0.2, 0) is 0 Å². The third-order valence-electron chi connectivity index (χ3n) is 3.26. The predicted octanol–water partition coefficient (Wildman–Crippen LogP) is -0.206. The van der Waals surface area contributed by atoms with Crippen LogP contribution in [0.25, 0.3) is 5.65 Å². The fourth-order valence-corrected chi connectivity index (χ4v) is 2.25. The van der Waals surface area contributed by atoms with Crippen LogP contribution in [0, 0.1) is 5.92 Å². The predicted molar refractivity (Wildman–Crippen MR) is 64.7 cm³/mol. The summed E-state index contributed by atoms with van der Waals surface area (Å²) in [5, 5.41) is 9.39. The summed E-state index contributed by atoms with van der Waals surface area (Å²) in [7, 11) is 1.96. The van der Waals surface area contributed by atoms with Crippen LogP contribution in [0.5, 0.6) is 5.88 Å². The monoisotopic (exact) mass is 249 g/mol. The first kappa shape index (κ1) is 11.2. The highest BCUT2D eigenvalue weighted by atomic mass is 16.5. The molecule has 96 valence electrons. The molecule has 1 aliphatic carbocycles. The van der Waals surface area contributed by atoms with Crippen LogP contribution < -0.4 is 15.7 Å². The molecule has 0 bridgehead atoms. The molecule has 1 saturated carbocycles.